The van der Waals surface area contributed by atoms with Crippen molar-refractivity contribution in [2.24, 2.45) is 0 Å². The lowest BCUT2D eigenvalue weighted by Crippen LogP contribution is -2.14. The molecule has 0 aromatic heterocycles. The van der Waals surface area contributed by atoms with E-state index < -0.39 is 0 Å². The number of methoxy groups -OCH3 is 1. The van der Waals surface area contributed by atoms with Gasteiger partial charge in [0.2, 0.25) is 5.91 Å². The van der Waals surface area contributed by atoms with E-state index in [9.17, 15) is 4.79 Å². The van der Waals surface area contributed by atoms with Gasteiger partial charge in [0.1, 0.15) is 5.75 Å². The third kappa shape index (κ3) is 4.55. The molecule has 1 aromatic carbocycles. The van der Waals surface area contributed by atoms with Crippen LogP contribution in [0.15, 0.2) is 24.3 Å². The summed E-state index contributed by atoms with van der Waals surface area (Å²) >= 11 is 1.40. The lowest BCUT2D eigenvalue weighted by Gasteiger charge is -2.05. The van der Waals surface area contributed by atoms with E-state index in [4.69, 9.17) is 9.84 Å². The summed E-state index contributed by atoms with van der Waals surface area (Å²) in [6.07, 6.45) is 0. The molecule has 0 bridgehead atoms. The van der Waals surface area contributed by atoms with Gasteiger partial charge in [0, 0.05) is 11.4 Å². The van der Waals surface area contributed by atoms with Crippen LogP contribution in [0, 0.1) is 0 Å². The molecule has 0 heterocycles. The zero-order chi connectivity index (χ0) is 11.8. The number of aliphatic hydroxyl groups is 1. The van der Waals surface area contributed by atoms with Crippen LogP contribution >= 0.6 is 11.8 Å². The number of nitrogens with one attached hydrogen (secondary N) is 1. The molecule has 5 heteroatoms. The Morgan fingerprint density at radius 2 is 2.12 bits per heavy atom. The summed E-state index contributed by atoms with van der Waals surface area (Å²) in [7, 11) is 1.60. The zero-order valence-electron chi connectivity index (χ0n) is 9.10. The molecular formula is C11H15NO3S. The number of hydrogen-bond donors (Lipinski definition) is 2. The number of thioether (sulfide) groups is 1. The number of carbonyl (C=O) groups excluding carboxylic acids is 1. The maximum Gasteiger partial charge on any atom is 0.234 e. The third-order valence-electron chi connectivity index (χ3n) is 1.84. The van der Waals surface area contributed by atoms with E-state index in [0.717, 1.165) is 11.4 Å². The lowest BCUT2D eigenvalue weighted by molar-refractivity contribution is -0.113. The van der Waals surface area contributed by atoms with E-state index >= 15 is 0 Å². The maximum atomic E-state index is 11.4. The standard InChI is InChI=1S/C11H15NO3S/c1-15-10-4-2-9(3-5-10)12-11(14)8-16-7-6-13/h2-5,13H,6-8H2,1H3,(H,12,14). The topological polar surface area (TPSA) is 58.6 Å². The van der Waals surface area contributed by atoms with Gasteiger partial charge in [0.25, 0.3) is 0 Å². The van der Waals surface area contributed by atoms with Gasteiger partial charge in [-0.1, -0.05) is 0 Å². The number of rotatable bonds is 6. The number of aliphatic hydroxyl groups excluding tert-OH is 1. The SMILES string of the molecule is COc1ccc(NC(=O)CSCCO)cc1. The molecule has 0 spiro atoms. The highest BCUT2D eigenvalue weighted by Crippen LogP contribution is 2.15. The van der Waals surface area contributed by atoms with Crippen LogP contribution in [0.1, 0.15) is 0 Å². The molecule has 0 aliphatic heterocycles. The largest absolute Gasteiger partial charge is 0.497 e. The second-order valence-corrected chi connectivity index (χ2v) is 4.16. The molecule has 1 rings (SSSR count). The van der Waals surface area contributed by atoms with Crippen molar-refractivity contribution in [3.8, 4) is 5.75 Å². The van der Waals surface area contributed by atoms with Crippen LogP contribution in [0.3, 0.4) is 0 Å². The molecule has 16 heavy (non-hydrogen) atoms. The van der Waals surface area contributed by atoms with Crippen molar-refractivity contribution in [2.45, 2.75) is 0 Å². The van der Waals surface area contributed by atoms with Crippen LogP contribution in [-0.2, 0) is 4.79 Å². The van der Waals surface area contributed by atoms with Gasteiger partial charge in [-0.3, -0.25) is 4.79 Å². The minimum atomic E-state index is -0.0661. The summed E-state index contributed by atoms with van der Waals surface area (Å²) in [6, 6.07) is 7.15. The molecular weight excluding hydrogens is 226 g/mol. The number of carbonyl (C=O) groups is 1. The van der Waals surface area contributed by atoms with Crippen molar-refractivity contribution in [1.82, 2.24) is 0 Å². The highest BCUT2D eigenvalue weighted by Gasteiger charge is 2.02. The minimum Gasteiger partial charge on any atom is -0.497 e. The Hall–Kier alpha value is -1.20. The predicted molar refractivity (Wildman–Crippen MR) is 66.0 cm³/mol. The summed E-state index contributed by atoms with van der Waals surface area (Å²) in [4.78, 5) is 11.4. The molecule has 0 unspecified atom stereocenters. The van der Waals surface area contributed by atoms with Crippen molar-refractivity contribution in [1.29, 1.82) is 0 Å². The molecule has 0 radical (unpaired) electrons. The zero-order valence-corrected chi connectivity index (χ0v) is 9.92. The fraction of sp³-hybridized carbons (Fsp3) is 0.364. The van der Waals surface area contributed by atoms with Gasteiger partial charge in [-0.15, -0.1) is 11.8 Å². The number of benzene rings is 1. The first-order valence-corrected chi connectivity index (χ1v) is 6.04. The Labute approximate surface area is 99.0 Å². The number of anilines is 1. The van der Waals surface area contributed by atoms with Crippen LogP contribution in [0.4, 0.5) is 5.69 Å². The first-order chi connectivity index (χ1) is 7.76. The summed E-state index contributed by atoms with van der Waals surface area (Å²) in [5.41, 5.74) is 0.746. The second kappa shape index (κ2) is 7.14. The fourth-order valence-corrected chi connectivity index (χ4v) is 1.63. The van der Waals surface area contributed by atoms with Crippen LogP contribution in [-0.4, -0.2) is 36.2 Å². The van der Waals surface area contributed by atoms with Crippen LogP contribution < -0.4 is 10.1 Å². The summed E-state index contributed by atoms with van der Waals surface area (Å²) in [5.74, 6) is 1.62. The van der Waals surface area contributed by atoms with Crippen molar-refractivity contribution in [2.75, 3.05) is 30.5 Å². The normalized spacial score (nSPS) is 9.88. The molecule has 2 N–H and O–H groups in total. The molecule has 0 aliphatic carbocycles. The van der Waals surface area contributed by atoms with E-state index in [2.05, 4.69) is 5.32 Å². The average molecular weight is 241 g/mol. The molecule has 88 valence electrons. The van der Waals surface area contributed by atoms with Crippen molar-refractivity contribution < 1.29 is 14.6 Å². The number of amides is 1. The second-order valence-electron chi connectivity index (χ2n) is 3.05. The van der Waals surface area contributed by atoms with E-state index in [1.54, 1.807) is 31.4 Å². The third-order valence-corrected chi connectivity index (χ3v) is 2.78. The van der Waals surface area contributed by atoms with Gasteiger partial charge in [0.05, 0.1) is 19.5 Å². The first-order valence-electron chi connectivity index (χ1n) is 4.88. The van der Waals surface area contributed by atoms with Gasteiger partial charge in [-0.25, -0.2) is 0 Å². The predicted octanol–water partition coefficient (Wildman–Crippen LogP) is 1.36. The van der Waals surface area contributed by atoms with Gasteiger partial charge < -0.3 is 15.2 Å². The number of hydrogen-bond acceptors (Lipinski definition) is 4. The van der Waals surface area contributed by atoms with Crippen LogP contribution in [0.2, 0.25) is 0 Å². The Balaban J connectivity index is 2.37. The van der Waals surface area contributed by atoms with Crippen molar-refractivity contribution in [3.63, 3.8) is 0 Å². The summed E-state index contributed by atoms with van der Waals surface area (Å²) < 4.78 is 5.01. The quantitative estimate of drug-likeness (QED) is 0.738. The van der Waals surface area contributed by atoms with Gasteiger partial charge in [0.15, 0.2) is 0 Å². The highest BCUT2D eigenvalue weighted by molar-refractivity contribution is 7.99. The van der Waals surface area contributed by atoms with Crippen molar-refractivity contribution in [3.05, 3.63) is 24.3 Å². The highest BCUT2D eigenvalue weighted by atomic mass is 32.2. The molecule has 0 saturated heterocycles. The molecule has 1 amide bonds. The minimum absolute atomic E-state index is 0.0661. The maximum absolute atomic E-state index is 11.4. The first kappa shape index (κ1) is 12.9. The molecule has 4 nitrogen and oxygen atoms in total. The van der Waals surface area contributed by atoms with Gasteiger partial charge in [-0.05, 0) is 24.3 Å². The van der Waals surface area contributed by atoms with Gasteiger partial charge >= 0.3 is 0 Å². The summed E-state index contributed by atoms with van der Waals surface area (Å²) in [5, 5.41) is 11.3. The van der Waals surface area contributed by atoms with E-state index in [0.29, 0.717) is 11.5 Å². The fourth-order valence-electron chi connectivity index (χ4n) is 1.10. The van der Waals surface area contributed by atoms with Crippen LogP contribution in [0.25, 0.3) is 0 Å². The monoisotopic (exact) mass is 241 g/mol. The van der Waals surface area contributed by atoms with Crippen LogP contribution in [0.5, 0.6) is 5.75 Å². The Morgan fingerprint density at radius 3 is 2.69 bits per heavy atom. The molecule has 1 aromatic rings. The van der Waals surface area contributed by atoms with E-state index in [1.165, 1.54) is 11.8 Å². The molecule has 0 saturated carbocycles. The lowest BCUT2D eigenvalue weighted by atomic mass is 10.3. The Kier molecular flexibility index (Phi) is 5.74. The van der Waals surface area contributed by atoms with Crippen molar-refractivity contribution >= 4 is 23.4 Å². The molecule has 0 atom stereocenters. The smallest absolute Gasteiger partial charge is 0.234 e. The molecule has 0 aliphatic rings. The average Bonchev–Trinajstić information content (AvgIpc) is 2.30. The van der Waals surface area contributed by atoms with Gasteiger partial charge in [-0.2, -0.15) is 0 Å². The Bertz CT molecular complexity index is 327. The summed E-state index contributed by atoms with van der Waals surface area (Å²) in [6.45, 7) is 0.0977. The number of ether oxygens (including phenoxy) is 1. The molecule has 0 fully saturated rings. The van der Waals surface area contributed by atoms with E-state index in [-0.39, 0.29) is 12.5 Å². The van der Waals surface area contributed by atoms with E-state index in [1.807, 2.05) is 0 Å². The Morgan fingerprint density at radius 1 is 1.44 bits per heavy atom.